The summed E-state index contributed by atoms with van der Waals surface area (Å²) in [6.45, 7) is 5.96. The molecule has 1 N–H and O–H groups in total. The highest BCUT2D eigenvalue weighted by molar-refractivity contribution is 5.79. The lowest BCUT2D eigenvalue weighted by Gasteiger charge is -2.11. The summed E-state index contributed by atoms with van der Waals surface area (Å²) in [5.41, 5.74) is 3.92. The van der Waals surface area contributed by atoms with Crippen LogP contribution in [0.2, 0.25) is 0 Å². The summed E-state index contributed by atoms with van der Waals surface area (Å²) in [4.78, 5) is 16.8. The van der Waals surface area contributed by atoms with Crippen molar-refractivity contribution in [2.75, 3.05) is 5.32 Å². The molecule has 7 heteroatoms. The molecule has 128 valence electrons. The van der Waals surface area contributed by atoms with E-state index in [1.807, 2.05) is 19.1 Å². The minimum Gasteiger partial charge on any atom is -0.324 e. The van der Waals surface area contributed by atoms with Gasteiger partial charge in [0.15, 0.2) is 11.5 Å². The van der Waals surface area contributed by atoms with Gasteiger partial charge in [0.2, 0.25) is 5.95 Å². The van der Waals surface area contributed by atoms with Crippen LogP contribution in [0.15, 0.2) is 62.0 Å². The second-order valence-electron chi connectivity index (χ2n) is 5.77. The fraction of sp³-hybridized carbons (Fsp3) is 0.0526. The Bertz CT molecular complexity index is 1100. The van der Waals surface area contributed by atoms with Gasteiger partial charge in [0, 0.05) is 54.0 Å². The van der Waals surface area contributed by atoms with Crippen molar-refractivity contribution in [1.82, 2.24) is 24.3 Å². The fourth-order valence-electron chi connectivity index (χ4n) is 2.70. The maximum atomic E-state index is 14.2. The largest absolute Gasteiger partial charge is 0.324 e. The van der Waals surface area contributed by atoms with Crippen LogP contribution in [0.25, 0.3) is 11.2 Å². The molecule has 4 aromatic rings. The van der Waals surface area contributed by atoms with Crippen LogP contribution in [0.1, 0.15) is 16.8 Å². The number of anilines is 2. The van der Waals surface area contributed by atoms with Gasteiger partial charge in [0.1, 0.15) is 0 Å². The van der Waals surface area contributed by atoms with E-state index < -0.39 is 5.82 Å². The van der Waals surface area contributed by atoms with E-state index in [4.69, 9.17) is 0 Å². The second kappa shape index (κ2) is 6.36. The van der Waals surface area contributed by atoms with Gasteiger partial charge in [0.25, 0.3) is 0 Å². The van der Waals surface area contributed by atoms with E-state index in [9.17, 15) is 4.39 Å². The number of rotatable bonds is 4. The predicted octanol–water partition coefficient (Wildman–Crippen LogP) is 3.77. The standard InChI is InChI=1S/C19H15FN6/c1-12(14-9-17(20)18-22-7-8-26(18)11-14)16-10-23-19(24-13(16)2)25-15-3-5-21-6-4-15/h3-11H,1H2,2H3,(H,21,23,24,25). The van der Waals surface area contributed by atoms with E-state index in [2.05, 4.69) is 31.8 Å². The van der Waals surface area contributed by atoms with Crippen molar-refractivity contribution in [3.8, 4) is 0 Å². The van der Waals surface area contributed by atoms with Gasteiger partial charge in [-0.1, -0.05) is 6.58 Å². The maximum absolute atomic E-state index is 14.2. The Hall–Kier alpha value is -3.61. The number of fused-ring (bicyclic) bond motifs is 1. The minimum atomic E-state index is -0.400. The molecule has 4 rings (SSSR count). The third-order valence-corrected chi connectivity index (χ3v) is 4.03. The summed E-state index contributed by atoms with van der Waals surface area (Å²) in [7, 11) is 0. The first-order chi connectivity index (χ1) is 12.6. The van der Waals surface area contributed by atoms with Gasteiger partial charge in [-0.3, -0.25) is 4.98 Å². The van der Waals surface area contributed by atoms with Crippen LogP contribution in [0.3, 0.4) is 0 Å². The average Bonchev–Trinajstić information content (AvgIpc) is 3.11. The molecule has 0 aliphatic carbocycles. The lowest BCUT2D eigenvalue weighted by atomic mass is 10.0. The van der Waals surface area contributed by atoms with Crippen molar-refractivity contribution >= 4 is 22.9 Å². The van der Waals surface area contributed by atoms with Crippen molar-refractivity contribution < 1.29 is 4.39 Å². The summed E-state index contributed by atoms with van der Waals surface area (Å²) in [6.07, 6.45) is 10.1. The van der Waals surface area contributed by atoms with Gasteiger partial charge in [-0.25, -0.2) is 19.3 Å². The molecule has 0 aromatic carbocycles. The monoisotopic (exact) mass is 346 g/mol. The second-order valence-corrected chi connectivity index (χ2v) is 5.77. The lowest BCUT2D eigenvalue weighted by Crippen LogP contribution is -2.02. The quantitative estimate of drug-likeness (QED) is 0.609. The van der Waals surface area contributed by atoms with Crippen LogP contribution in [-0.2, 0) is 0 Å². The Labute approximate surface area is 149 Å². The molecule has 0 fully saturated rings. The maximum Gasteiger partial charge on any atom is 0.227 e. The molecule has 6 nitrogen and oxygen atoms in total. The van der Waals surface area contributed by atoms with Crippen molar-refractivity contribution in [2.45, 2.75) is 6.92 Å². The summed E-state index contributed by atoms with van der Waals surface area (Å²) in [5, 5.41) is 3.12. The molecule has 0 aliphatic heterocycles. The number of aromatic nitrogens is 5. The Morgan fingerprint density at radius 2 is 2.00 bits per heavy atom. The molecular formula is C19H15FN6. The highest BCUT2D eigenvalue weighted by atomic mass is 19.1. The van der Waals surface area contributed by atoms with Crippen molar-refractivity contribution in [2.24, 2.45) is 0 Å². The molecule has 0 unspecified atom stereocenters. The van der Waals surface area contributed by atoms with Crippen LogP contribution in [-0.4, -0.2) is 24.3 Å². The molecule has 0 atom stereocenters. The van der Waals surface area contributed by atoms with E-state index in [0.717, 1.165) is 16.9 Å². The van der Waals surface area contributed by atoms with Gasteiger partial charge in [0.05, 0.1) is 5.69 Å². The first-order valence-corrected chi connectivity index (χ1v) is 7.94. The molecule has 26 heavy (non-hydrogen) atoms. The minimum absolute atomic E-state index is 0.284. The van der Waals surface area contributed by atoms with E-state index in [0.29, 0.717) is 17.1 Å². The molecule has 0 radical (unpaired) electrons. The van der Waals surface area contributed by atoms with Crippen LogP contribution in [0.4, 0.5) is 16.0 Å². The number of nitrogens with zero attached hydrogens (tertiary/aromatic N) is 5. The first kappa shape index (κ1) is 15.9. The number of hydrogen-bond donors (Lipinski definition) is 1. The zero-order chi connectivity index (χ0) is 18.1. The average molecular weight is 346 g/mol. The molecule has 0 amide bonds. The summed E-state index contributed by atoms with van der Waals surface area (Å²) >= 11 is 0. The molecule has 0 spiro atoms. The first-order valence-electron chi connectivity index (χ1n) is 7.94. The summed E-state index contributed by atoms with van der Waals surface area (Å²) < 4.78 is 15.8. The third-order valence-electron chi connectivity index (χ3n) is 4.03. The Balaban J connectivity index is 1.65. The number of pyridine rings is 2. The molecule has 4 heterocycles. The van der Waals surface area contributed by atoms with Gasteiger partial charge >= 0.3 is 0 Å². The number of aryl methyl sites for hydroxylation is 1. The van der Waals surface area contributed by atoms with Crippen molar-refractivity contribution in [3.05, 3.63) is 84.6 Å². The molecular weight excluding hydrogens is 331 g/mol. The Kier molecular flexibility index (Phi) is 3.89. The number of imidazole rings is 1. The fourth-order valence-corrected chi connectivity index (χ4v) is 2.70. The highest BCUT2D eigenvalue weighted by Crippen LogP contribution is 2.25. The van der Waals surface area contributed by atoms with E-state index >= 15 is 0 Å². The zero-order valence-corrected chi connectivity index (χ0v) is 14.0. The third kappa shape index (κ3) is 2.90. The summed E-state index contributed by atoms with van der Waals surface area (Å²) in [6, 6.07) is 5.08. The summed E-state index contributed by atoms with van der Waals surface area (Å²) in [5.74, 6) is 0.0738. The lowest BCUT2D eigenvalue weighted by molar-refractivity contribution is 0.629. The number of hydrogen-bond acceptors (Lipinski definition) is 5. The SMILES string of the molecule is C=C(c1cc(F)c2nccn2c1)c1cnc(Nc2ccncc2)nc1C. The van der Waals surface area contributed by atoms with E-state index in [-0.39, 0.29) is 5.65 Å². The van der Waals surface area contributed by atoms with Crippen LogP contribution in [0.5, 0.6) is 0 Å². The normalized spacial score (nSPS) is 10.8. The molecule has 0 bridgehead atoms. The van der Waals surface area contributed by atoms with Crippen LogP contribution >= 0.6 is 0 Å². The van der Waals surface area contributed by atoms with Gasteiger partial charge in [-0.05, 0) is 30.7 Å². The van der Waals surface area contributed by atoms with Gasteiger partial charge in [-0.15, -0.1) is 0 Å². The van der Waals surface area contributed by atoms with Crippen molar-refractivity contribution in [1.29, 1.82) is 0 Å². The molecule has 0 saturated heterocycles. The highest BCUT2D eigenvalue weighted by Gasteiger charge is 2.12. The van der Waals surface area contributed by atoms with Crippen LogP contribution < -0.4 is 5.32 Å². The topological polar surface area (TPSA) is 68.0 Å². The van der Waals surface area contributed by atoms with E-state index in [1.54, 1.807) is 41.6 Å². The smallest absolute Gasteiger partial charge is 0.227 e. The van der Waals surface area contributed by atoms with E-state index in [1.165, 1.54) is 6.07 Å². The molecule has 4 aromatic heterocycles. The predicted molar refractivity (Wildman–Crippen MR) is 97.6 cm³/mol. The van der Waals surface area contributed by atoms with Crippen molar-refractivity contribution in [3.63, 3.8) is 0 Å². The zero-order valence-electron chi connectivity index (χ0n) is 14.0. The molecule has 0 aliphatic rings. The number of nitrogens with one attached hydrogen (secondary N) is 1. The Morgan fingerprint density at radius 3 is 2.77 bits per heavy atom. The van der Waals surface area contributed by atoms with Gasteiger partial charge in [-0.2, -0.15) is 0 Å². The Morgan fingerprint density at radius 1 is 1.19 bits per heavy atom. The van der Waals surface area contributed by atoms with Crippen LogP contribution in [0, 0.1) is 12.7 Å². The molecule has 0 saturated carbocycles. The number of halogens is 1. The van der Waals surface area contributed by atoms with Gasteiger partial charge < -0.3 is 9.72 Å².